The maximum Gasteiger partial charge on any atom is 0.329 e. The third-order valence-electron chi connectivity index (χ3n) is 4.27. The molecule has 1 amide bonds. The fourth-order valence-electron chi connectivity index (χ4n) is 2.91. The number of imidazole rings is 1. The molecule has 0 unspecified atom stereocenters. The molecule has 0 aliphatic carbocycles. The Labute approximate surface area is 159 Å². The van der Waals surface area contributed by atoms with Gasteiger partial charge in [0.1, 0.15) is 6.04 Å². The van der Waals surface area contributed by atoms with E-state index in [2.05, 4.69) is 15.3 Å². The number of rotatable bonds is 8. The minimum absolute atomic E-state index is 0.341. The molecule has 0 radical (unpaired) electrons. The van der Waals surface area contributed by atoms with Crippen LogP contribution in [0.1, 0.15) is 12.5 Å². The van der Waals surface area contributed by atoms with Crippen molar-refractivity contribution < 1.29 is 4.79 Å². The Kier molecular flexibility index (Phi) is 6.12. The zero-order valence-electron chi connectivity index (χ0n) is 14.9. The van der Waals surface area contributed by atoms with Crippen molar-refractivity contribution in [2.45, 2.75) is 19.0 Å². The van der Waals surface area contributed by atoms with E-state index in [1.54, 1.807) is 54.7 Å². The Morgan fingerprint density at radius 3 is 2.89 bits per heavy atom. The van der Waals surface area contributed by atoms with Crippen molar-refractivity contribution in [1.29, 1.82) is 0 Å². The van der Waals surface area contributed by atoms with Crippen molar-refractivity contribution in [2.75, 3.05) is 18.6 Å². The summed E-state index contributed by atoms with van der Waals surface area (Å²) in [6.07, 6.45) is 7.43. The highest BCUT2D eigenvalue weighted by molar-refractivity contribution is 7.98. The van der Waals surface area contributed by atoms with E-state index < -0.39 is 17.3 Å². The Morgan fingerprint density at radius 1 is 1.33 bits per heavy atom. The molecule has 8 nitrogen and oxygen atoms in total. The number of aromatic nitrogens is 4. The average Bonchev–Trinajstić information content (AvgIpc) is 3.17. The molecule has 2 aromatic heterocycles. The minimum atomic E-state index is -0.860. The summed E-state index contributed by atoms with van der Waals surface area (Å²) >= 11 is 1.56. The first-order chi connectivity index (χ1) is 13.1. The van der Waals surface area contributed by atoms with E-state index in [1.165, 1.54) is 0 Å². The van der Waals surface area contributed by atoms with Crippen LogP contribution in [0.25, 0.3) is 10.9 Å². The summed E-state index contributed by atoms with van der Waals surface area (Å²) in [5, 5.41) is 3.21. The van der Waals surface area contributed by atoms with Crippen molar-refractivity contribution in [3.05, 3.63) is 63.8 Å². The summed E-state index contributed by atoms with van der Waals surface area (Å²) in [5.41, 5.74) is -0.562. The smallest absolute Gasteiger partial charge is 0.329 e. The number of carbonyl (C=O) groups excluding carboxylic acids is 1. The molecule has 3 rings (SSSR count). The number of benzene rings is 1. The van der Waals surface area contributed by atoms with E-state index >= 15 is 0 Å². The van der Waals surface area contributed by atoms with Crippen LogP contribution in [0.2, 0.25) is 0 Å². The van der Waals surface area contributed by atoms with Crippen molar-refractivity contribution in [3.8, 4) is 0 Å². The predicted octanol–water partition coefficient (Wildman–Crippen LogP) is 0.997. The molecule has 9 heteroatoms. The van der Waals surface area contributed by atoms with Gasteiger partial charge in [-0.25, -0.2) is 14.3 Å². The van der Waals surface area contributed by atoms with Gasteiger partial charge in [0, 0.05) is 25.5 Å². The number of hydrogen-bond donors (Lipinski definition) is 2. The molecule has 0 bridgehead atoms. The highest BCUT2D eigenvalue weighted by atomic mass is 32.2. The molecule has 2 N–H and O–H groups in total. The van der Waals surface area contributed by atoms with Crippen LogP contribution in [0.5, 0.6) is 0 Å². The van der Waals surface area contributed by atoms with Crippen LogP contribution in [0, 0.1) is 0 Å². The zero-order valence-corrected chi connectivity index (χ0v) is 15.7. The van der Waals surface area contributed by atoms with Gasteiger partial charge in [0.25, 0.3) is 5.56 Å². The number of carbonyl (C=O) groups is 1. The summed E-state index contributed by atoms with van der Waals surface area (Å²) in [5.74, 6) is 0.310. The van der Waals surface area contributed by atoms with E-state index in [0.29, 0.717) is 36.2 Å². The van der Waals surface area contributed by atoms with Gasteiger partial charge in [-0.15, -0.1) is 0 Å². The van der Waals surface area contributed by atoms with Gasteiger partial charge in [0.2, 0.25) is 5.91 Å². The van der Waals surface area contributed by atoms with Crippen molar-refractivity contribution in [1.82, 2.24) is 24.4 Å². The van der Waals surface area contributed by atoms with Gasteiger partial charge in [0.05, 0.1) is 17.2 Å². The number of nitrogens with one attached hydrogen (secondary N) is 2. The molecule has 142 valence electrons. The molecule has 2 heterocycles. The van der Waals surface area contributed by atoms with Crippen LogP contribution in [0.3, 0.4) is 0 Å². The predicted molar refractivity (Wildman–Crippen MR) is 106 cm³/mol. The topological polar surface area (TPSA) is 102 Å². The molecule has 3 aromatic rings. The van der Waals surface area contributed by atoms with Crippen LogP contribution < -0.4 is 16.6 Å². The Balaban J connectivity index is 1.87. The van der Waals surface area contributed by atoms with E-state index in [1.807, 2.05) is 10.8 Å². The average molecular weight is 387 g/mol. The van der Waals surface area contributed by atoms with E-state index in [0.717, 1.165) is 4.57 Å². The normalized spacial score (nSPS) is 12.2. The summed E-state index contributed by atoms with van der Waals surface area (Å²) in [7, 11) is 0. The molecule has 0 saturated heterocycles. The SMILES string of the molecule is CSCC[C@@H](C(=O)NCCn1ccnc1)n1c(=O)[nH]c2ccccc2c1=O. The lowest BCUT2D eigenvalue weighted by Gasteiger charge is -2.19. The molecule has 0 saturated carbocycles. The summed E-state index contributed by atoms with van der Waals surface area (Å²) in [4.78, 5) is 44.8. The second-order valence-corrected chi connectivity index (χ2v) is 7.03. The van der Waals surface area contributed by atoms with Gasteiger partial charge in [-0.3, -0.25) is 9.59 Å². The molecule has 0 aliphatic heterocycles. The minimum Gasteiger partial charge on any atom is -0.353 e. The van der Waals surface area contributed by atoms with E-state index in [4.69, 9.17) is 0 Å². The highest BCUT2D eigenvalue weighted by Gasteiger charge is 2.24. The van der Waals surface area contributed by atoms with Gasteiger partial charge in [0.15, 0.2) is 0 Å². The lowest BCUT2D eigenvalue weighted by Crippen LogP contribution is -2.45. The zero-order chi connectivity index (χ0) is 19.2. The number of hydrogen-bond acceptors (Lipinski definition) is 5. The van der Waals surface area contributed by atoms with E-state index in [9.17, 15) is 14.4 Å². The van der Waals surface area contributed by atoms with Crippen molar-refractivity contribution >= 4 is 28.6 Å². The standard InChI is InChI=1S/C18H21N5O3S/c1-27-11-6-15(16(24)20-8-10-22-9-7-19-12-22)23-17(25)13-4-2-3-5-14(13)21-18(23)26/h2-5,7,9,12,15H,6,8,10-11H2,1H3,(H,20,24)(H,21,26)/t15-/m0/s1. The highest BCUT2D eigenvalue weighted by Crippen LogP contribution is 2.13. The van der Waals surface area contributed by atoms with Crippen LogP contribution in [-0.2, 0) is 11.3 Å². The van der Waals surface area contributed by atoms with Crippen LogP contribution in [0.15, 0.2) is 52.6 Å². The Morgan fingerprint density at radius 2 is 2.15 bits per heavy atom. The molecule has 1 atom stereocenters. The van der Waals surface area contributed by atoms with Crippen molar-refractivity contribution in [3.63, 3.8) is 0 Å². The third kappa shape index (κ3) is 4.30. The molecule has 0 fully saturated rings. The first-order valence-corrected chi connectivity index (χ1v) is 9.97. The quantitative estimate of drug-likeness (QED) is 0.600. The Hall–Kier alpha value is -2.81. The fraction of sp³-hybridized carbons (Fsp3) is 0.333. The number of amides is 1. The number of para-hydroxylation sites is 1. The molecule has 0 aliphatic rings. The summed E-state index contributed by atoms with van der Waals surface area (Å²) < 4.78 is 2.87. The van der Waals surface area contributed by atoms with Gasteiger partial charge in [-0.05, 0) is 30.6 Å². The second-order valence-electron chi connectivity index (χ2n) is 6.04. The first-order valence-electron chi connectivity index (χ1n) is 8.57. The Bertz CT molecular complexity index is 1030. The summed E-state index contributed by atoms with van der Waals surface area (Å²) in [6, 6.07) is 5.93. The number of thioether (sulfide) groups is 1. The third-order valence-corrected chi connectivity index (χ3v) is 4.92. The van der Waals surface area contributed by atoms with Crippen LogP contribution in [0.4, 0.5) is 0 Å². The number of nitrogens with zero attached hydrogens (tertiary/aromatic N) is 3. The monoisotopic (exact) mass is 387 g/mol. The van der Waals surface area contributed by atoms with Crippen LogP contribution >= 0.6 is 11.8 Å². The molecule has 0 spiro atoms. The van der Waals surface area contributed by atoms with E-state index in [-0.39, 0.29) is 5.91 Å². The van der Waals surface area contributed by atoms with Gasteiger partial charge in [-0.2, -0.15) is 11.8 Å². The molecular formula is C18H21N5O3S. The molecule has 1 aromatic carbocycles. The largest absolute Gasteiger partial charge is 0.353 e. The summed E-state index contributed by atoms with van der Waals surface area (Å²) in [6.45, 7) is 0.940. The van der Waals surface area contributed by atoms with Crippen molar-refractivity contribution in [2.24, 2.45) is 0 Å². The van der Waals surface area contributed by atoms with Crippen LogP contribution in [-0.4, -0.2) is 43.6 Å². The van der Waals surface area contributed by atoms with Gasteiger partial charge < -0.3 is 14.9 Å². The maximum absolute atomic E-state index is 12.9. The number of fused-ring (bicyclic) bond motifs is 1. The second kappa shape index (κ2) is 8.72. The maximum atomic E-state index is 12.9. The lowest BCUT2D eigenvalue weighted by atomic mass is 10.2. The fourth-order valence-corrected chi connectivity index (χ4v) is 3.37. The van der Waals surface area contributed by atoms with Gasteiger partial charge >= 0.3 is 5.69 Å². The van der Waals surface area contributed by atoms with Gasteiger partial charge in [-0.1, -0.05) is 12.1 Å². The number of H-pyrrole nitrogens is 1. The molecule has 27 heavy (non-hydrogen) atoms. The first kappa shape index (κ1) is 19.0. The molecular weight excluding hydrogens is 366 g/mol. The number of aromatic amines is 1. The lowest BCUT2D eigenvalue weighted by molar-refractivity contribution is -0.124.